The second-order valence-corrected chi connectivity index (χ2v) is 5.53. The van der Waals surface area contributed by atoms with Crippen molar-refractivity contribution in [2.24, 2.45) is 0 Å². The first-order valence-electron chi connectivity index (χ1n) is 7.95. The number of rotatable bonds is 4. The Balaban J connectivity index is 2.15. The summed E-state index contributed by atoms with van der Waals surface area (Å²) in [7, 11) is 0. The van der Waals surface area contributed by atoms with Crippen LogP contribution in [0, 0.1) is 6.92 Å². The van der Waals surface area contributed by atoms with Crippen molar-refractivity contribution in [3.8, 4) is 5.75 Å². The minimum Gasteiger partial charge on any atom is -0.492 e. The van der Waals surface area contributed by atoms with Crippen molar-refractivity contribution in [1.29, 1.82) is 0 Å². The molecule has 6 nitrogen and oxygen atoms in total. The highest BCUT2D eigenvalue weighted by Crippen LogP contribution is 2.32. The molecule has 118 valence electrons. The molecule has 0 bridgehead atoms. The zero-order valence-corrected chi connectivity index (χ0v) is 13.4. The Morgan fingerprint density at radius 2 is 2.05 bits per heavy atom. The van der Waals surface area contributed by atoms with Gasteiger partial charge in [-0.25, -0.2) is 9.67 Å². The van der Waals surface area contributed by atoms with Gasteiger partial charge < -0.3 is 9.64 Å². The lowest BCUT2D eigenvalue weighted by atomic mass is 10.1. The molecule has 6 heteroatoms. The molecule has 1 aliphatic heterocycles. The molecule has 0 aromatic carbocycles. The topological polar surface area (TPSA) is 60.2 Å². The zero-order chi connectivity index (χ0) is 15.7. The molecule has 0 N–H and O–H groups in total. The molecule has 2 aromatic heterocycles. The highest BCUT2D eigenvalue weighted by Gasteiger charge is 2.26. The van der Waals surface area contributed by atoms with Crippen LogP contribution < -0.4 is 4.74 Å². The molecule has 3 rings (SSSR count). The average Bonchev–Trinajstić information content (AvgIpc) is 3.15. The first-order chi connectivity index (χ1) is 10.7. The molecule has 3 heterocycles. The molecular formula is C16H22N4O2. The second-order valence-electron chi connectivity index (χ2n) is 5.53. The number of carbonyl (C=O) groups is 1. The van der Waals surface area contributed by atoms with Crippen molar-refractivity contribution in [1.82, 2.24) is 19.7 Å². The van der Waals surface area contributed by atoms with E-state index in [0.717, 1.165) is 49.2 Å². The van der Waals surface area contributed by atoms with Gasteiger partial charge in [-0.05, 0) is 33.6 Å². The fourth-order valence-electron chi connectivity index (χ4n) is 3.04. The smallest absolute Gasteiger partial charge is 0.259 e. The van der Waals surface area contributed by atoms with Gasteiger partial charge in [0.05, 0.1) is 17.7 Å². The summed E-state index contributed by atoms with van der Waals surface area (Å²) in [5.41, 5.74) is 2.18. The summed E-state index contributed by atoms with van der Waals surface area (Å²) >= 11 is 0. The number of fused-ring (bicyclic) bond motifs is 1. The summed E-state index contributed by atoms with van der Waals surface area (Å²) in [5.74, 6) is 0.639. The number of likely N-dealkylation sites (tertiary alicyclic amines) is 1. The Hall–Kier alpha value is -2.11. The molecule has 1 saturated heterocycles. The SMILES string of the molecule is CCOc1c(C(=O)N2CCCC2)cnc2c1c(C)nn2CC. The van der Waals surface area contributed by atoms with Crippen LogP contribution in [0.4, 0.5) is 0 Å². The average molecular weight is 302 g/mol. The van der Waals surface area contributed by atoms with Crippen molar-refractivity contribution in [3.05, 3.63) is 17.5 Å². The van der Waals surface area contributed by atoms with Gasteiger partial charge in [0.1, 0.15) is 11.3 Å². The molecule has 1 aliphatic rings. The van der Waals surface area contributed by atoms with E-state index in [4.69, 9.17) is 4.74 Å². The van der Waals surface area contributed by atoms with Gasteiger partial charge in [-0.3, -0.25) is 4.79 Å². The maximum absolute atomic E-state index is 12.8. The molecule has 22 heavy (non-hydrogen) atoms. The highest BCUT2D eigenvalue weighted by molar-refractivity contribution is 6.02. The monoisotopic (exact) mass is 302 g/mol. The van der Waals surface area contributed by atoms with Crippen LogP contribution in [0.2, 0.25) is 0 Å². The highest BCUT2D eigenvalue weighted by atomic mass is 16.5. The number of aromatic nitrogens is 3. The van der Waals surface area contributed by atoms with Crippen LogP contribution in [0.5, 0.6) is 5.75 Å². The van der Waals surface area contributed by atoms with Gasteiger partial charge in [0.25, 0.3) is 5.91 Å². The predicted octanol–water partition coefficient (Wildman–Crippen LogP) is 2.39. The molecule has 1 amide bonds. The van der Waals surface area contributed by atoms with Gasteiger partial charge in [-0.15, -0.1) is 0 Å². The van der Waals surface area contributed by atoms with Gasteiger partial charge in [0.15, 0.2) is 5.65 Å². The van der Waals surface area contributed by atoms with Crippen LogP contribution in [0.1, 0.15) is 42.7 Å². The minimum absolute atomic E-state index is 0.0130. The van der Waals surface area contributed by atoms with E-state index in [-0.39, 0.29) is 5.91 Å². The van der Waals surface area contributed by atoms with Crippen LogP contribution in [0.15, 0.2) is 6.20 Å². The molecule has 0 atom stereocenters. The Morgan fingerprint density at radius 1 is 1.32 bits per heavy atom. The number of pyridine rings is 1. The number of hydrogen-bond donors (Lipinski definition) is 0. The lowest BCUT2D eigenvalue weighted by molar-refractivity contribution is 0.0788. The van der Waals surface area contributed by atoms with Gasteiger partial charge in [0.2, 0.25) is 0 Å². The van der Waals surface area contributed by atoms with Crippen LogP contribution in [0.3, 0.4) is 0 Å². The third-order valence-corrected chi connectivity index (χ3v) is 4.10. The Labute approximate surface area is 130 Å². The standard InChI is InChI=1S/C16H22N4O2/c1-4-20-15-13(11(3)18-20)14(22-5-2)12(10-17-15)16(21)19-8-6-7-9-19/h10H,4-9H2,1-3H3. The number of amides is 1. The number of nitrogens with zero attached hydrogens (tertiary/aromatic N) is 4. The van der Waals surface area contributed by atoms with Gasteiger partial charge in [-0.2, -0.15) is 5.10 Å². The first-order valence-corrected chi connectivity index (χ1v) is 7.95. The molecule has 0 radical (unpaired) electrons. The quantitative estimate of drug-likeness (QED) is 0.870. The third-order valence-electron chi connectivity index (χ3n) is 4.10. The molecule has 0 saturated carbocycles. The summed E-state index contributed by atoms with van der Waals surface area (Å²) in [6.07, 6.45) is 3.78. The minimum atomic E-state index is 0.0130. The second kappa shape index (κ2) is 5.94. The number of aryl methyl sites for hydroxylation is 2. The van der Waals surface area contributed by atoms with Crippen LogP contribution in [0.25, 0.3) is 11.0 Å². The molecule has 1 fully saturated rings. The third kappa shape index (κ3) is 2.32. The van der Waals surface area contributed by atoms with Crippen molar-refractivity contribution in [3.63, 3.8) is 0 Å². The number of ether oxygens (including phenoxy) is 1. The Morgan fingerprint density at radius 3 is 2.68 bits per heavy atom. The van der Waals surface area contributed by atoms with Gasteiger partial charge >= 0.3 is 0 Å². The fourth-order valence-corrected chi connectivity index (χ4v) is 3.04. The summed E-state index contributed by atoms with van der Waals surface area (Å²) < 4.78 is 7.67. The van der Waals surface area contributed by atoms with E-state index in [0.29, 0.717) is 17.9 Å². The van der Waals surface area contributed by atoms with E-state index in [2.05, 4.69) is 10.1 Å². The van der Waals surface area contributed by atoms with Crippen molar-refractivity contribution in [2.45, 2.75) is 40.2 Å². The normalized spacial score (nSPS) is 14.8. The van der Waals surface area contributed by atoms with E-state index < -0.39 is 0 Å². The summed E-state index contributed by atoms with van der Waals surface area (Å²) in [6, 6.07) is 0. The van der Waals surface area contributed by atoms with E-state index in [9.17, 15) is 4.79 Å². The summed E-state index contributed by atoms with van der Waals surface area (Å²) in [4.78, 5) is 19.1. The predicted molar refractivity (Wildman–Crippen MR) is 84.2 cm³/mol. The molecular weight excluding hydrogens is 280 g/mol. The van der Waals surface area contributed by atoms with E-state index >= 15 is 0 Å². The van der Waals surface area contributed by atoms with Crippen molar-refractivity contribution < 1.29 is 9.53 Å². The van der Waals surface area contributed by atoms with Crippen molar-refractivity contribution in [2.75, 3.05) is 19.7 Å². The van der Waals surface area contributed by atoms with E-state index in [1.807, 2.05) is 30.4 Å². The number of carbonyl (C=O) groups excluding carboxylic acids is 1. The lowest BCUT2D eigenvalue weighted by Crippen LogP contribution is -2.28. The van der Waals surface area contributed by atoms with Gasteiger partial charge in [0, 0.05) is 25.8 Å². The largest absolute Gasteiger partial charge is 0.492 e. The zero-order valence-electron chi connectivity index (χ0n) is 13.4. The van der Waals surface area contributed by atoms with E-state index in [1.54, 1.807) is 6.20 Å². The molecule has 0 unspecified atom stereocenters. The maximum atomic E-state index is 12.8. The van der Waals surface area contributed by atoms with E-state index in [1.165, 1.54) is 0 Å². The Kier molecular flexibility index (Phi) is 4.00. The van der Waals surface area contributed by atoms with Crippen LogP contribution in [-0.2, 0) is 6.54 Å². The summed E-state index contributed by atoms with van der Waals surface area (Å²) in [5, 5.41) is 5.35. The van der Waals surface area contributed by atoms with Crippen LogP contribution >= 0.6 is 0 Å². The molecule has 0 spiro atoms. The fraction of sp³-hybridized carbons (Fsp3) is 0.562. The van der Waals surface area contributed by atoms with Crippen LogP contribution in [-0.4, -0.2) is 45.3 Å². The van der Waals surface area contributed by atoms with Crippen molar-refractivity contribution >= 4 is 16.9 Å². The number of hydrogen-bond acceptors (Lipinski definition) is 4. The molecule has 0 aliphatic carbocycles. The maximum Gasteiger partial charge on any atom is 0.259 e. The summed E-state index contributed by atoms with van der Waals surface area (Å²) in [6.45, 7) is 8.76. The first kappa shape index (κ1) is 14.8. The van der Waals surface area contributed by atoms with Gasteiger partial charge in [-0.1, -0.05) is 0 Å². The lowest BCUT2D eigenvalue weighted by Gasteiger charge is -2.18. The Bertz CT molecular complexity index is 702. The molecule has 2 aromatic rings.